The third kappa shape index (κ3) is 1.43. The smallest absolute Gasteiger partial charge is 0.372 e. The second-order valence-electron chi connectivity index (χ2n) is 3.40. The molecular formula is C12H12O4. The van der Waals surface area contributed by atoms with Gasteiger partial charge in [0, 0.05) is 5.56 Å². The van der Waals surface area contributed by atoms with Crippen LogP contribution in [0.5, 0.6) is 5.75 Å². The topological polar surface area (TPSA) is 59.7 Å². The highest BCUT2D eigenvalue weighted by molar-refractivity contribution is 5.97. The fourth-order valence-electron chi connectivity index (χ4n) is 1.86. The zero-order chi connectivity index (χ0) is 11.7. The molecule has 4 nitrogen and oxygen atoms in total. The fraction of sp³-hybridized carbons (Fsp3) is 0.250. The van der Waals surface area contributed by atoms with Crippen molar-refractivity contribution in [2.75, 3.05) is 7.11 Å². The minimum absolute atomic E-state index is 0.00185. The average molecular weight is 220 g/mol. The third-order valence-electron chi connectivity index (χ3n) is 2.54. The van der Waals surface area contributed by atoms with Crippen LogP contribution in [0.1, 0.15) is 23.0 Å². The highest BCUT2D eigenvalue weighted by Gasteiger charge is 2.20. The summed E-state index contributed by atoms with van der Waals surface area (Å²) in [6.45, 7) is 1.89. The summed E-state index contributed by atoms with van der Waals surface area (Å²) in [6.07, 6.45) is 0.592. The monoisotopic (exact) mass is 220 g/mol. The zero-order valence-corrected chi connectivity index (χ0v) is 9.11. The number of hydrogen-bond acceptors (Lipinski definition) is 3. The molecule has 1 heterocycles. The molecule has 16 heavy (non-hydrogen) atoms. The summed E-state index contributed by atoms with van der Waals surface area (Å²) in [5, 5.41) is 9.78. The average Bonchev–Trinajstić information content (AvgIpc) is 2.67. The predicted octanol–water partition coefficient (Wildman–Crippen LogP) is 2.70. The summed E-state index contributed by atoms with van der Waals surface area (Å²) in [7, 11) is 1.56. The lowest BCUT2D eigenvalue weighted by atomic mass is 10.1. The van der Waals surface area contributed by atoms with Crippen molar-refractivity contribution in [1.29, 1.82) is 0 Å². The SMILES string of the molecule is CCc1c(C(=O)O)oc2cccc(OC)c12. The summed E-state index contributed by atoms with van der Waals surface area (Å²) in [5.74, 6) is -0.400. The van der Waals surface area contributed by atoms with Gasteiger partial charge in [0.15, 0.2) is 0 Å². The van der Waals surface area contributed by atoms with Crippen LogP contribution in [0.2, 0.25) is 0 Å². The van der Waals surface area contributed by atoms with Crippen molar-refractivity contribution in [3.63, 3.8) is 0 Å². The number of furan rings is 1. The number of methoxy groups -OCH3 is 1. The van der Waals surface area contributed by atoms with Crippen LogP contribution in [0.25, 0.3) is 11.0 Å². The van der Waals surface area contributed by atoms with E-state index in [1.54, 1.807) is 25.3 Å². The van der Waals surface area contributed by atoms with Gasteiger partial charge in [-0.05, 0) is 18.6 Å². The molecule has 0 aliphatic heterocycles. The van der Waals surface area contributed by atoms with E-state index in [4.69, 9.17) is 14.3 Å². The molecule has 2 rings (SSSR count). The molecule has 0 amide bonds. The summed E-state index contributed by atoms with van der Waals surface area (Å²) in [4.78, 5) is 11.0. The highest BCUT2D eigenvalue weighted by Crippen LogP contribution is 2.33. The van der Waals surface area contributed by atoms with E-state index in [0.717, 1.165) is 5.39 Å². The van der Waals surface area contributed by atoms with E-state index in [0.29, 0.717) is 23.3 Å². The summed E-state index contributed by atoms with van der Waals surface area (Å²) >= 11 is 0. The minimum atomic E-state index is -1.05. The molecule has 4 heteroatoms. The van der Waals surface area contributed by atoms with Crippen LogP contribution < -0.4 is 4.74 Å². The van der Waals surface area contributed by atoms with Gasteiger partial charge in [-0.3, -0.25) is 0 Å². The van der Waals surface area contributed by atoms with Gasteiger partial charge in [0.2, 0.25) is 5.76 Å². The number of aryl methyl sites for hydroxylation is 1. The number of carboxylic acids is 1. The lowest BCUT2D eigenvalue weighted by Crippen LogP contribution is -1.98. The normalized spacial score (nSPS) is 10.6. The van der Waals surface area contributed by atoms with Crippen LogP contribution in [0.3, 0.4) is 0 Å². The number of rotatable bonds is 3. The van der Waals surface area contributed by atoms with Gasteiger partial charge in [0.25, 0.3) is 0 Å². The molecule has 0 bridgehead atoms. The second kappa shape index (κ2) is 3.89. The Bertz CT molecular complexity index is 539. The summed E-state index contributed by atoms with van der Waals surface area (Å²) in [6, 6.07) is 5.31. The van der Waals surface area contributed by atoms with E-state index in [1.807, 2.05) is 6.92 Å². The summed E-state index contributed by atoms with van der Waals surface area (Å²) < 4.78 is 10.5. The Morgan fingerprint density at radius 1 is 1.50 bits per heavy atom. The van der Waals surface area contributed by atoms with Crippen molar-refractivity contribution in [2.24, 2.45) is 0 Å². The van der Waals surface area contributed by atoms with Crippen molar-refractivity contribution in [1.82, 2.24) is 0 Å². The summed E-state index contributed by atoms with van der Waals surface area (Å²) in [5.41, 5.74) is 1.23. The number of carboxylic acid groups (broad SMARTS) is 1. The molecule has 1 aromatic carbocycles. The standard InChI is InChI=1S/C12H12O4/c1-3-7-10-8(15-2)5-4-6-9(10)16-11(7)12(13)14/h4-6H,3H2,1-2H3,(H,13,14). The molecule has 1 aromatic heterocycles. The van der Waals surface area contributed by atoms with Crippen LogP contribution >= 0.6 is 0 Å². The number of hydrogen-bond donors (Lipinski definition) is 1. The van der Waals surface area contributed by atoms with Crippen LogP contribution in [0.4, 0.5) is 0 Å². The van der Waals surface area contributed by atoms with Gasteiger partial charge in [0.05, 0.1) is 12.5 Å². The first kappa shape index (κ1) is 10.5. The van der Waals surface area contributed by atoms with Gasteiger partial charge in [-0.25, -0.2) is 4.79 Å². The lowest BCUT2D eigenvalue weighted by molar-refractivity contribution is 0.0663. The molecule has 2 aromatic rings. The van der Waals surface area contributed by atoms with E-state index in [9.17, 15) is 4.79 Å². The Morgan fingerprint density at radius 3 is 2.81 bits per heavy atom. The number of carbonyl (C=O) groups is 1. The first-order valence-electron chi connectivity index (χ1n) is 5.00. The molecule has 1 N–H and O–H groups in total. The Labute approximate surface area is 92.4 Å². The highest BCUT2D eigenvalue weighted by atomic mass is 16.5. The molecule has 0 saturated heterocycles. The number of ether oxygens (including phenoxy) is 1. The molecule has 0 fully saturated rings. The van der Waals surface area contributed by atoms with Gasteiger partial charge in [-0.2, -0.15) is 0 Å². The molecule has 0 aliphatic carbocycles. The van der Waals surface area contributed by atoms with Crippen molar-refractivity contribution >= 4 is 16.9 Å². The minimum Gasteiger partial charge on any atom is -0.496 e. The van der Waals surface area contributed by atoms with Crippen molar-refractivity contribution < 1.29 is 19.1 Å². The van der Waals surface area contributed by atoms with Gasteiger partial charge in [-0.1, -0.05) is 13.0 Å². The van der Waals surface area contributed by atoms with Crippen molar-refractivity contribution in [3.05, 3.63) is 29.5 Å². The van der Waals surface area contributed by atoms with E-state index < -0.39 is 5.97 Å². The third-order valence-corrected chi connectivity index (χ3v) is 2.54. The quantitative estimate of drug-likeness (QED) is 0.863. The molecule has 0 saturated carbocycles. The molecule has 84 valence electrons. The molecule has 0 aliphatic rings. The van der Waals surface area contributed by atoms with Crippen LogP contribution in [-0.4, -0.2) is 18.2 Å². The zero-order valence-electron chi connectivity index (χ0n) is 9.11. The van der Waals surface area contributed by atoms with Gasteiger partial charge in [0.1, 0.15) is 11.3 Å². The largest absolute Gasteiger partial charge is 0.496 e. The van der Waals surface area contributed by atoms with Crippen molar-refractivity contribution in [2.45, 2.75) is 13.3 Å². The van der Waals surface area contributed by atoms with E-state index >= 15 is 0 Å². The molecular weight excluding hydrogens is 208 g/mol. The Kier molecular flexibility index (Phi) is 2.56. The molecule has 0 spiro atoms. The molecule has 0 atom stereocenters. The maximum atomic E-state index is 11.0. The maximum Gasteiger partial charge on any atom is 0.372 e. The Balaban J connectivity index is 2.83. The van der Waals surface area contributed by atoms with E-state index in [2.05, 4.69) is 0 Å². The first-order chi connectivity index (χ1) is 7.69. The van der Waals surface area contributed by atoms with E-state index in [1.165, 1.54) is 0 Å². The lowest BCUT2D eigenvalue weighted by Gasteiger charge is -2.01. The van der Waals surface area contributed by atoms with Crippen molar-refractivity contribution in [3.8, 4) is 5.75 Å². The fourth-order valence-corrected chi connectivity index (χ4v) is 1.86. The Hall–Kier alpha value is -1.97. The predicted molar refractivity (Wildman–Crippen MR) is 59.1 cm³/mol. The van der Waals surface area contributed by atoms with Crippen LogP contribution in [-0.2, 0) is 6.42 Å². The van der Waals surface area contributed by atoms with E-state index in [-0.39, 0.29) is 5.76 Å². The number of benzene rings is 1. The first-order valence-corrected chi connectivity index (χ1v) is 5.00. The second-order valence-corrected chi connectivity index (χ2v) is 3.40. The van der Waals surface area contributed by atoms with Gasteiger partial charge < -0.3 is 14.3 Å². The van der Waals surface area contributed by atoms with Gasteiger partial charge >= 0.3 is 5.97 Å². The number of fused-ring (bicyclic) bond motifs is 1. The van der Waals surface area contributed by atoms with Gasteiger partial charge in [-0.15, -0.1) is 0 Å². The molecule has 0 unspecified atom stereocenters. The Morgan fingerprint density at radius 2 is 2.25 bits per heavy atom. The van der Waals surface area contributed by atoms with Crippen LogP contribution in [0.15, 0.2) is 22.6 Å². The molecule has 0 radical (unpaired) electrons. The maximum absolute atomic E-state index is 11.0. The van der Waals surface area contributed by atoms with Crippen LogP contribution in [0, 0.1) is 0 Å². The number of aromatic carboxylic acids is 1.